The van der Waals surface area contributed by atoms with Crippen molar-refractivity contribution >= 4 is 45.2 Å². The van der Waals surface area contributed by atoms with Crippen LogP contribution in [0.5, 0.6) is 5.75 Å². The van der Waals surface area contributed by atoms with E-state index in [1.54, 1.807) is 0 Å². The van der Waals surface area contributed by atoms with Crippen molar-refractivity contribution in [1.29, 1.82) is 0 Å². The maximum absolute atomic E-state index is 10.0. The summed E-state index contributed by atoms with van der Waals surface area (Å²) in [4.78, 5) is 2.20. The van der Waals surface area contributed by atoms with Gasteiger partial charge in [0.25, 0.3) is 0 Å². The number of benzene rings is 1. The average molecular weight is 488 g/mol. The highest BCUT2D eigenvalue weighted by Gasteiger charge is 2.18. The SMILES string of the molecule is CN(C)CC(C)(C)CNCc1cc(I)cc(I)c1O. The molecule has 0 unspecified atom stereocenters. The van der Waals surface area contributed by atoms with Crippen molar-refractivity contribution in [2.75, 3.05) is 27.2 Å². The molecular formula is C14H22I2N2O. The van der Waals surface area contributed by atoms with Crippen molar-refractivity contribution in [1.82, 2.24) is 10.2 Å². The lowest BCUT2D eigenvalue weighted by Gasteiger charge is -2.28. The molecule has 0 amide bonds. The van der Waals surface area contributed by atoms with Gasteiger partial charge in [-0.3, -0.25) is 0 Å². The molecule has 0 fully saturated rings. The Bertz CT molecular complexity index is 434. The molecule has 0 aliphatic heterocycles. The van der Waals surface area contributed by atoms with E-state index < -0.39 is 0 Å². The summed E-state index contributed by atoms with van der Waals surface area (Å²) in [7, 11) is 4.19. The first-order chi connectivity index (χ1) is 8.71. The third-order valence-corrected chi connectivity index (χ3v) is 4.22. The molecule has 0 radical (unpaired) electrons. The fraction of sp³-hybridized carbons (Fsp3) is 0.571. The van der Waals surface area contributed by atoms with Gasteiger partial charge in [-0.25, -0.2) is 0 Å². The number of nitrogens with zero attached hydrogens (tertiary/aromatic N) is 1. The summed E-state index contributed by atoms with van der Waals surface area (Å²) in [5, 5.41) is 13.5. The molecule has 0 atom stereocenters. The normalized spacial score (nSPS) is 12.2. The highest BCUT2D eigenvalue weighted by atomic mass is 127. The van der Waals surface area contributed by atoms with Gasteiger partial charge in [-0.15, -0.1) is 0 Å². The zero-order chi connectivity index (χ0) is 14.6. The Morgan fingerprint density at radius 1 is 1.26 bits per heavy atom. The monoisotopic (exact) mass is 488 g/mol. The van der Waals surface area contributed by atoms with Gasteiger partial charge >= 0.3 is 0 Å². The van der Waals surface area contributed by atoms with Crippen LogP contribution < -0.4 is 5.32 Å². The molecule has 0 heterocycles. The van der Waals surface area contributed by atoms with E-state index in [9.17, 15) is 5.11 Å². The van der Waals surface area contributed by atoms with Gasteiger partial charge in [0, 0.05) is 28.8 Å². The third-order valence-electron chi connectivity index (χ3n) is 2.77. The molecule has 0 bridgehead atoms. The highest BCUT2D eigenvalue weighted by Crippen LogP contribution is 2.27. The van der Waals surface area contributed by atoms with Crippen LogP contribution in [0.4, 0.5) is 0 Å². The maximum atomic E-state index is 10.0. The number of rotatable bonds is 6. The lowest BCUT2D eigenvalue weighted by molar-refractivity contribution is 0.232. The molecule has 0 spiro atoms. The quantitative estimate of drug-likeness (QED) is 0.604. The molecule has 1 rings (SSSR count). The summed E-state index contributed by atoms with van der Waals surface area (Å²) in [6.07, 6.45) is 0. The molecule has 0 aliphatic rings. The van der Waals surface area contributed by atoms with E-state index in [2.05, 4.69) is 83.3 Å². The highest BCUT2D eigenvalue weighted by molar-refractivity contribution is 14.1. The van der Waals surface area contributed by atoms with Crippen LogP contribution in [0, 0.1) is 12.6 Å². The van der Waals surface area contributed by atoms with Gasteiger partial charge in [-0.1, -0.05) is 13.8 Å². The van der Waals surface area contributed by atoms with Gasteiger partial charge in [0.1, 0.15) is 5.75 Å². The molecular weight excluding hydrogens is 466 g/mol. The molecule has 108 valence electrons. The summed E-state index contributed by atoms with van der Waals surface area (Å²) < 4.78 is 2.07. The summed E-state index contributed by atoms with van der Waals surface area (Å²) in [6, 6.07) is 4.01. The van der Waals surface area contributed by atoms with Crippen molar-refractivity contribution in [3.63, 3.8) is 0 Å². The predicted molar refractivity (Wildman–Crippen MR) is 97.6 cm³/mol. The first-order valence-corrected chi connectivity index (χ1v) is 8.39. The summed E-state index contributed by atoms with van der Waals surface area (Å²) in [5.74, 6) is 0.402. The maximum Gasteiger partial charge on any atom is 0.133 e. The molecule has 3 nitrogen and oxygen atoms in total. The minimum Gasteiger partial charge on any atom is -0.507 e. The number of nitrogens with one attached hydrogen (secondary N) is 1. The van der Waals surface area contributed by atoms with E-state index >= 15 is 0 Å². The minimum atomic E-state index is 0.216. The molecule has 2 N–H and O–H groups in total. The van der Waals surface area contributed by atoms with Crippen LogP contribution in [0.1, 0.15) is 19.4 Å². The molecule has 0 saturated heterocycles. The van der Waals surface area contributed by atoms with Crippen LogP contribution in [-0.4, -0.2) is 37.2 Å². The molecule has 0 saturated carbocycles. The van der Waals surface area contributed by atoms with Crippen molar-refractivity contribution in [2.24, 2.45) is 5.41 Å². The Morgan fingerprint density at radius 2 is 1.89 bits per heavy atom. The van der Waals surface area contributed by atoms with E-state index in [4.69, 9.17) is 0 Å². The van der Waals surface area contributed by atoms with E-state index in [0.717, 1.165) is 25.8 Å². The Kier molecular flexibility index (Phi) is 6.82. The van der Waals surface area contributed by atoms with Crippen LogP contribution in [0.15, 0.2) is 12.1 Å². The summed E-state index contributed by atoms with van der Waals surface area (Å²) >= 11 is 4.45. The second-order valence-electron chi connectivity index (χ2n) is 5.90. The average Bonchev–Trinajstić information content (AvgIpc) is 2.22. The van der Waals surface area contributed by atoms with E-state index in [0.29, 0.717) is 12.3 Å². The lowest BCUT2D eigenvalue weighted by Crippen LogP contribution is -2.37. The summed E-state index contributed by atoms with van der Waals surface area (Å²) in [6.45, 7) is 7.16. The van der Waals surface area contributed by atoms with Gasteiger partial charge in [0.2, 0.25) is 0 Å². The van der Waals surface area contributed by atoms with Crippen molar-refractivity contribution in [3.05, 3.63) is 24.8 Å². The van der Waals surface area contributed by atoms with Gasteiger partial charge in [0.15, 0.2) is 0 Å². The van der Waals surface area contributed by atoms with Gasteiger partial charge in [-0.2, -0.15) is 0 Å². The minimum absolute atomic E-state index is 0.216. The first kappa shape index (κ1) is 17.5. The van der Waals surface area contributed by atoms with Crippen molar-refractivity contribution in [3.8, 4) is 5.75 Å². The summed E-state index contributed by atoms with van der Waals surface area (Å²) in [5.41, 5.74) is 1.19. The van der Waals surface area contributed by atoms with E-state index in [-0.39, 0.29) is 5.41 Å². The first-order valence-electron chi connectivity index (χ1n) is 6.23. The number of phenols is 1. The number of hydrogen-bond acceptors (Lipinski definition) is 3. The smallest absolute Gasteiger partial charge is 0.133 e. The number of hydrogen-bond donors (Lipinski definition) is 2. The van der Waals surface area contributed by atoms with Gasteiger partial charge < -0.3 is 15.3 Å². The Morgan fingerprint density at radius 3 is 2.47 bits per heavy atom. The fourth-order valence-electron chi connectivity index (χ4n) is 2.20. The largest absolute Gasteiger partial charge is 0.507 e. The van der Waals surface area contributed by atoms with E-state index in [1.807, 2.05) is 12.1 Å². The molecule has 1 aromatic carbocycles. The topological polar surface area (TPSA) is 35.5 Å². The molecule has 19 heavy (non-hydrogen) atoms. The van der Waals surface area contributed by atoms with Crippen LogP contribution >= 0.6 is 45.2 Å². The Hall–Kier alpha value is 0.400. The molecule has 0 aromatic heterocycles. The number of phenolic OH excluding ortho intramolecular Hbond substituents is 1. The molecule has 0 aliphatic carbocycles. The zero-order valence-electron chi connectivity index (χ0n) is 11.9. The standard InChI is InChI=1S/C14H22I2N2O/c1-14(2,9-18(3)4)8-17-7-10-5-11(15)6-12(16)13(10)19/h5-6,17,19H,7-9H2,1-4H3. The Balaban J connectivity index is 2.58. The van der Waals surface area contributed by atoms with Crippen LogP contribution in [-0.2, 0) is 6.54 Å². The number of aromatic hydroxyl groups is 1. The number of halogens is 2. The fourth-order valence-corrected chi connectivity index (χ4v) is 4.17. The third kappa shape index (κ3) is 6.14. The zero-order valence-corrected chi connectivity index (χ0v) is 16.2. The van der Waals surface area contributed by atoms with Gasteiger partial charge in [0.05, 0.1) is 3.57 Å². The van der Waals surface area contributed by atoms with Gasteiger partial charge in [-0.05, 0) is 76.8 Å². The Labute approximate surface area is 143 Å². The van der Waals surface area contributed by atoms with Crippen molar-refractivity contribution in [2.45, 2.75) is 20.4 Å². The molecule has 1 aromatic rings. The van der Waals surface area contributed by atoms with E-state index in [1.165, 1.54) is 0 Å². The second kappa shape index (κ2) is 7.42. The van der Waals surface area contributed by atoms with Crippen molar-refractivity contribution < 1.29 is 5.11 Å². The van der Waals surface area contributed by atoms with Crippen LogP contribution in [0.2, 0.25) is 0 Å². The second-order valence-corrected chi connectivity index (χ2v) is 8.31. The van der Waals surface area contributed by atoms with Crippen LogP contribution in [0.25, 0.3) is 0 Å². The predicted octanol–water partition coefficient (Wildman–Crippen LogP) is 3.28. The van der Waals surface area contributed by atoms with Crippen LogP contribution in [0.3, 0.4) is 0 Å². The molecule has 5 heteroatoms. The lowest BCUT2D eigenvalue weighted by atomic mass is 9.93.